The van der Waals surface area contributed by atoms with Crippen molar-refractivity contribution in [2.75, 3.05) is 0 Å². The first-order valence-electron chi connectivity index (χ1n) is 7.87. The molecule has 1 atom stereocenters. The number of nitrogens with one attached hydrogen (secondary N) is 1. The lowest BCUT2D eigenvalue weighted by molar-refractivity contribution is -0.120. The summed E-state index contributed by atoms with van der Waals surface area (Å²) in [6, 6.07) is 0. The minimum Gasteiger partial charge on any atom is -0.382 e. The minimum absolute atomic E-state index is 0.0149. The van der Waals surface area contributed by atoms with Crippen molar-refractivity contribution in [2.45, 2.75) is 65.8 Å². The number of hydrogen-bond acceptors (Lipinski definition) is 3. The Hall–Kier alpha value is -1.38. The average molecular weight is 287 g/mol. The molecule has 3 aliphatic rings. The average Bonchev–Trinajstić information content (AvgIpc) is 2.22. The van der Waals surface area contributed by atoms with Crippen molar-refractivity contribution in [3.8, 4) is 0 Å². The summed E-state index contributed by atoms with van der Waals surface area (Å²) in [4.78, 5) is 25.2. The summed E-state index contributed by atoms with van der Waals surface area (Å²) < 4.78 is 0. The predicted molar refractivity (Wildman–Crippen MR) is 82.7 cm³/mol. The second-order valence-corrected chi connectivity index (χ2v) is 8.39. The van der Waals surface area contributed by atoms with Gasteiger partial charge in [-0.1, -0.05) is 19.4 Å². The fraction of sp³-hybridized carbons (Fsp3) is 0.667. The zero-order chi connectivity index (χ0) is 15.6. The number of allylic oxidation sites excluding steroid dienone is 3. The van der Waals surface area contributed by atoms with Gasteiger partial charge in [0.05, 0.1) is 0 Å². The molecule has 0 amide bonds. The first kappa shape index (κ1) is 14.6. The summed E-state index contributed by atoms with van der Waals surface area (Å²) in [6.07, 6.45) is 2.75. The molecule has 0 bridgehead atoms. The summed E-state index contributed by atoms with van der Waals surface area (Å²) in [5.74, 6) is 0.494. The van der Waals surface area contributed by atoms with Crippen LogP contribution in [-0.4, -0.2) is 17.1 Å². The van der Waals surface area contributed by atoms with Crippen molar-refractivity contribution in [3.63, 3.8) is 0 Å². The monoisotopic (exact) mass is 287 g/mol. The van der Waals surface area contributed by atoms with Gasteiger partial charge >= 0.3 is 0 Å². The number of fused-ring (bicyclic) bond motifs is 2. The number of rotatable bonds is 0. The highest BCUT2D eigenvalue weighted by molar-refractivity contribution is 6.05. The lowest BCUT2D eigenvalue weighted by atomic mass is 9.62. The molecule has 1 N–H and O–H groups in total. The third-order valence-electron chi connectivity index (χ3n) is 5.01. The molecule has 3 rings (SSSR count). The lowest BCUT2D eigenvalue weighted by Crippen LogP contribution is -2.49. The Morgan fingerprint density at radius 3 is 2.29 bits per heavy atom. The molecule has 0 aromatic heterocycles. The van der Waals surface area contributed by atoms with Gasteiger partial charge in [-0.2, -0.15) is 0 Å². The topological polar surface area (TPSA) is 46.2 Å². The van der Waals surface area contributed by atoms with Crippen molar-refractivity contribution in [1.82, 2.24) is 5.32 Å². The van der Waals surface area contributed by atoms with Crippen LogP contribution in [0.2, 0.25) is 0 Å². The molecule has 0 aromatic carbocycles. The molecule has 1 aliphatic heterocycles. The summed E-state index contributed by atoms with van der Waals surface area (Å²) in [5, 5.41) is 3.54. The number of Topliss-reactive ketones (excluding diaryl/α,β-unsaturated/α-hetero) is 2. The molecule has 3 heteroatoms. The number of hydrogen-bond donors (Lipinski definition) is 1. The molecule has 0 aromatic rings. The van der Waals surface area contributed by atoms with E-state index in [2.05, 4.69) is 39.9 Å². The second-order valence-electron chi connectivity index (χ2n) is 8.39. The maximum absolute atomic E-state index is 12.7. The maximum Gasteiger partial charge on any atom is 0.163 e. The Kier molecular flexibility index (Phi) is 2.99. The molecule has 3 nitrogen and oxygen atoms in total. The summed E-state index contributed by atoms with van der Waals surface area (Å²) in [5.41, 5.74) is 3.85. The van der Waals surface area contributed by atoms with Crippen molar-refractivity contribution >= 4 is 11.6 Å². The van der Waals surface area contributed by atoms with E-state index in [0.717, 1.165) is 35.3 Å². The molecule has 1 saturated carbocycles. The van der Waals surface area contributed by atoms with Crippen molar-refractivity contribution in [1.29, 1.82) is 0 Å². The quantitative estimate of drug-likeness (QED) is 0.743. The van der Waals surface area contributed by atoms with Crippen LogP contribution >= 0.6 is 0 Å². The second kappa shape index (κ2) is 4.31. The van der Waals surface area contributed by atoms with Crippen molar-refractivity contribution < 1.29 is 9.59 Å². The Bertz CT molecular complexity index is 605. The van der Waals surface area contributed by atoms with Crippen LogP contribution in [0.4, 0.5) is 0 Å². The standard InChI is InChI=1S/C18H25NO2/c1-10-6-12-16(14(21)9-18(4,5)19-12)11-7-17(2,3)8-13(20)15(10)11/h11,19H,6-9H2,1-5H3/t11-/m0/s1. The van der Waals surface area contributed by atoms with Gasteiger partial charge in [-0.15, -0.1) is 0 Å². The molecule has 2 aliphatic carbocycles. The van der Waals surface area contributed by atoms with Crippen LogP contribution in [-0.2, 0) is 9.59 Å². The van der Waals surface area contributed by atoms with E-state index < -0.39 is 0 Å². The Morgan fingerprint density at radius 2 is 1.62 bits per heavy atom. The van der Waals surface area contributed by atoms with Crippen LogP contribution < -0.4 is 5.32 Å². The van der Waals surface area contributed by atoms with Gasteiger partial charge in [-0.3, -0.25) is 9.59 Å². The summed E-state index contributed by atoms with van der Waals surface area (Å²) in [6.45, 7) is 10.5. The van der Waals surface area contributed by atoms with Gasteiger partial charge in [0.25, 0.3) is 0 Å². The summed E-state index contributed by atoms with van der Waals surface area (Å²) in [7, 11) is 0. The van der Waals surface area contributed by atoms with E-state index in [9.17, 15) is 9.59 Å². The van der Waals surface area contributed by atoms with Crippen molar-refractivity contribution in [3.05, 3.63) is 22.4 Å². The number of carbonyl (C=O) groups is 2. The summed E-state index contributed by atoms with van der Waals surface area (Å²) >= 11 is 0. The third kappa shape index (κ3) is 2.37. The van der Waals surface area contributed by atoms with Crippen LogP contribution in [0.1, 0.15) is 60.3 Å². The zero-order valence-electron chi connectivity index (χ0n) is 13.7. The van der Waals surface area contributed by atoms with E-state index in [4.69, 9.17) is 0 Å². The molecule has 0 radical (unpaired) electrons. The van der Waals surface area contributed by atoms with E-state index in [1.54, 1.807) is 0 Å². The van der Waals surface area contributed by atoms with Crippen LogP contribution in [0, 0.1) is 11.3 Å². The smallest absolute Gasteiger partial charge is 0.163 e. The van der Waals surface area contributed by atoms with Crippen LogP contribution in [0.5, 0.6) is 0 Å². The first-order chi connectivity index (χ1) is 9.60. The van der Waals surface area contributed by atoms with Gasteiger partial charge < -0.3 is 5.32 Å². The largest absolute Gasteiger partial charge is 0.382 e. The number of carbonyl (C=O) groups excluding carboxylic acids is 2. The van der Waals surface area contributed by atoms with E-state index in [1.165, 1.54) is 0 Å². The molecule has 114 valence electrons. The Balaban J connectivity index is 2.09. The van der Waals surface area contributed by atoms with Gasteiger partial charge in [0.2, 0.25) is 0 Å². The van der Waals surface area contributed by atoms with Crippen LogP contribution in [0.25, 0.3) is 0 Å². The fourth-order valence-corrected chi connectivity index (χ4v) is 4.32. The molecule has 0 spiro atoms. The molecule has 1 heterocycles. The van der Waals surface area contributed by atoms with Gasteiger partial charge in [0.15, 0.2) is 11.6 Å². The molecule has 0 unspecified atom stereocenters. The molecular formula is C18H25NO2. The molecule has 0 saturated heterocycles. The Morgan fingerprint density at radius 1 is 1.00 bits per heavy atom. The minimum atomic E-state index is -0.179. The van der Waals surface area contributed by atoms with Gasteiger partial charge in [0, 0.05) is 47.6 Å². The molecule has 21 heavy (non-hydrogen) atoms. The van der Waals surface area contributed by atoms with Gasteiger partial charge in [-0.25, -0.2) is 0 Å². The zero-order valence-corrected chi connectivity index (χ0v) is 13.7. The highest BCUT2D eigenvalue weighted by Crippen LogP contribution is 2.49. The van der Waals surface area contributed by atoms with E-state index in [-0.39, 0.29) is 28.4 Å². The lowest BCUT2D eigenvalue weighted by Gasteiger charge is -2.45. The van der Waals surface area contributed by atoms with Crippen molar-refractivity contribution in [2.24, 2.45) is 11.3 Å². The Labute approximate surface area is 126 Å². The highest BCUT2D eigenvalue weighted by Gasteiger charge is 2.46. The van der Waals surface area contributed by atoms with Crippen LogP contribution in [0.3, 0.4) is 0 Å². The number of ketones is 2. The van der Waals surface area contributed by atoms with Gasteiger partial charge in [-0.05, 0) is 32.6 Å². The molecule has 1 fully saturated rings. The predicted octanol–water partition coefficient (Wildman–Crippen LogP) is 3.31. The van der Waals surface area contributed by atoms with E-state index >= 15 is 0 Å². The van der Waals surface area contributed by atoms with Crippen LogP contribution in [0.15, 0.2) is 22.4 Å². The third-order valence-corrected chi connectivity index (χ3v) is 5.01. The van der Waals surface area contributed by atoms with E-state index in [0.29, 0.717) is 12.8 Å². The van der Waals surface area contributed by atoms with E-state index in [1.807, 2.05) is 0 Å². The maximum atomic E-state index is 12.7. The van der Waals surface area contributed by atoms with Gasteiger partial charge in [0.1, 0.15) is 0 Å². The molecular weight excluding hydrogens is 262 g/mol. The first-order valence-corrected chi connectivity index (χ1v) is 7.87. The highest BCUT2D eigenvalue weighted by atomic mass is 16.1. The normalized spacial score (nSPS) is 30.8. The SMILES string of the molecule is CC1=C2C(=O)CC(C)(C)C[C@@H]2C2=C(C1)NC(C)(C)CC2=O. The fourth-order valence-electron chi connectivity index (χ4n) is 4.32.